The van der Waals surface area contributed by atoms with Gasteiger partial charge in [0.05, 0.1) is 6.54 Å². The molecule has 0 saturated carbocycles. The van der Waals surface area contributed by atoms with Crippen molar-refractivity contribution in [3.8, 4) is 0 Å². The number of hydrogen-bond acceptors (Lipinski definition) is 4. The molecule has 192 valence electrons. The average Bonchev–Trinajstić information content (AvgIpc) is 3.38. The molecule has 2 atom stereocenters. The maximum absolute atomic E-state index is 13.2. The van der Waals surface area contributed by atoms with Gasteiger partial charge in [0, 0.05) is 43.8 Å². The highest BCUT2D eigenvalue weighted by Gasteiger charge is 2.36. The minimum atomic E-state index is -0.0216. The molecule has 3 aliphatic heterocycles. The molecular weight excluding hydrogens is 448 g/mol. The number of nitrogens with one attached hydrogen (secondary N) is 1. The van der Waals surface area contributed by atoms with Gasteiger partial charge in [-0.2, -0.15) is 0 Å². The molecule has 2 aromatic carbocycles. The highest BCUT2D eigenvalue weighted by molar-refractivity contribution is 5.92. The van der Waals surface area contributed by atoms with E-state index in [2.05, 4.69) is 45.4 Å². The van der Waals surface area contributed by atoms with Crippen molar-refractivity contribution in [3.63, 3.8) is 0 Å². The fourth-order valence-corrected chi connectivity index (χ4v) is 6.40. The number of carbonyl (C=O) groups excluding carboxylic acids is 2. The molecule has 5 rings (SSSR count). The standard InChI is InChI=1S/C30H40N4O2/c35-29(33-19-15-25(16-20-33)30(36)31-27-12-5-2-6-13-27)23-34-18-8-14-28(34)26-11-7-17-32(22-26)21-24-9-3-1-4-10-24/h1-6,9-10,12-13,25-26,28H,7-8,11,14-23H2,(H,31,36)/t26-,28+/m1/s1. The van der Waals surface area contributed by atoms with Crippen molar-refractivity contribution >= 4 is 17.5 Å². The fourth-order valence-electron chi connectivity index (χ4n) is 6.40. The summed E-state index contributed by atoms with van der Waals surface area (Å²) in [6.45, 7) is 6.24. The molecule has 0 spiro atoms. The van der Waals surface area contributed by atoms with E-state index in [0.29, 0.717) is 31.6 Å². The second-order valence-electron chi connectivity index (χ2n) is 10.8. The van der Waals surface area contributed by atoms with Gasteiger partial charge in [-0.15, -0.1) is 0 Å². The Balaban J connectivity index is 1.09. The van der Waals surface area contributed by atoms with E-state index in [9.17, 15) is 9.59 Å². The lowest BCUT2D eigenvalue weighted by molar-refractivity contribution is -0.136. The molecule has 3 aliphatic rings. The monoisotopic (exact) mass is 488 g/mol. The van der Waals surface area contributed by atoms with Crippen molar-refractivity contribution in [2.45, 2.75) is 51.1 Å². The zero-order chi connectivity index (χ0) is 24.7. The van der Waals surface area contributed by atoms with Crippen LogP contribution in [0.2, 0.25) is 0 Å². The smallest absolute Gasteiger partial charge is 0.236 e. The normalized spacial score (nSPS) is 24.1. The van der Waals surface area contributed by atoms with Crippen LogP contribution in [0.25, 0.3) is 0 Å². The van der Waals surface area contributed by atoms with Gasteiger partial charge in [-0.25, -0.2) is 0 Å². The van der Waals surface area contributed by atoms with E-state index in [1.54, 1.807) is 0 Å². The summed E-state index contributed by atoms with van der Waals surface area (Å²) in [6, 6.07) is 20.9. The summed E-state index contributed by atoms with van der Waals surface area (Å²) in [5, 5.41) is 3.02. The van der Waals surface area contributed by atoms with Crippen molar-refractivity contribution in [2.24, 2.45) is 11.8 Å². The number of piperidine rings is 2. The van der Waals surface area contributed by atoms with Crippen molar-refractivity contribution in [1.82, 2.24) is 14.7 Å². The predicted octanol–water partition coefficient (Wildman–Crippen LogP) is 4.24. The molecule has 3 heterocycles. The Kier molecular flexibility index (Phi) is 8.34. The third kappa shape index (κ3) is 6.34. The van der Waals surface area contributed by atoms with Gasteiger partial charge >= 0.3 is 0 Å². The summed E-state index contributed by atoms with van der Waals surface area (Å²) >= 11 is 0. The molecule has 3 fully saturated rings. The van der Waals surface area contributed by atoms with Gasteiger partial charge in [-0.3, -0.25) is 19.4 Å². The molecule has 2 aromatic rings. The number of amides is 2. The number of rotatable bonds is 7. The molecule has 1 N–H and O–H groups in total. The minimum absolute atomic E-state index is 0.0216. The van der Waals surface area contributed by atoms with Gasteiger partial charge in [-0.1, -0.05) is 48.5 Å². The van der Waals surface area contributed by atoms with Gasteiger partial charge in [0.2, 0.25) is 11.8 Å². The summed E-state index contributed by atoms with van der Waals surface area (Å²) < 4.78 is 0. The summed E-state index contributed by atoms with van der Waals surface area (Å²) in [7, 11) is 0. The van der Waals surface area contributed by atoms with Crippen LogP contribution in [0.1, 0.15) is 44.1 Å². The lowest BCUT2D eigenvalue weighted by Crippen LogP contribution is -2.49. The maximum atomic E-state index is 13.2. The molecule has 2 amide bonds. The molecular formula is C30H40N4O2. The van der Waals surface area contributed by atoms with Crippen LogP contribution in [-0.2, 0) is 16.1 Å². The number of anilines is 1. The lowest BCUT2D eigenvalue weighted by atomic mass is 9.89. The first kappa shape index (κ1) is 25.0. The Labute approximate surface area is 215 Å². The van der Waals surface area contributed by atoms with Crippen molar-refractivity contribution in [3.05, 3.63) is 66.2 Å². The molecule has 0 aliphatic carbocycles. The molecule has 0 bridgehead atoms. The molecule has 6 nitrogen and oxygen atoms in total. The van der Waals surface area contributed by atoms with Crippen LogP contribution < -0.4 is 5.32 Å². The summed E-state index contributed by atoms with van der Waals surface area (Å²) in [5.41, 5.74) is 2.23. The van der Waals surface area contributed by atoms with E-state index in [1.165, 1.54) is 37.8 Å². The van der Waals surface area contributed by atoms with E-state index in [4.69, 9.17) is 0 Å². The van der Waals surface area contributed by atoms with Crippen LogP contribution in [0, 0.1) is 11.8 Å². The molecule has 0 aromatic heterocycles. The quantitative estimate of drug-likeness (QED) is 0.633. The Bertz CT molecular complexity index is 991. The highest BCUT2D eigenvalue weighted by Crippen LogP contribution is 2.31. The van der Waals surface area contributed by atoms with Crippen LogP contribution in [0.5, 0.6) is 0 Å². The number of benzene rings is 2. The van der Waals surface area contributed by atoms with Crippen molar-refractivity contribution in [2.75, 3.05) is 44.6 Å². The molecule has 6 heteroatoms. The first-order valence-corrected chi connectivity index (χ1v) is 13.8. The lowest BCUT2D eigenvalue weighted by Gasteiger charge is -2.39. The Morgan fingerprint density at radius 3 is 2.25 bits per heavy atom. The fraction of sp³-hybridized carbons (Fsp3) is 0.533. The third-order valence-electron chi connectivity index (χ3n) is 8.35. The van der Waals surface area contributed by atoms with Gasteiger partial charge in [0.1, 0.15) is 0 Å². The second-order valence-corrected chi connectivity index (χ2v) is 10.8. The third-order valence-corrected chi connectivity index (χ3v) is 8.35. The molecule has 36 heavy (non-hydrogen) atoms. The number of nitrogens with zero attached hydrogens (tertiary/aromatic N) is 3. The van der Waals surface area contributed by atoms with Crippen LogP contribution in [0.3, 0.4) is 0 Å². The molecule has 3 saturated heterocycles. The van der Waals surface area contributed by atoms with E-state index < -0.39 is 0 Å². The Morgan fingerprint density at radius 1 is 0.806 bits per heavy atom. The first-order chi connectivity index (χ1) is 17.7. The number of carbonyl (C=O) groups is 2. The summed E-state index contributed by atoms with van der Waals surface area (Å²) in [6.07, 6.45) is 6.39. The zero-order valence-corrected chi connectivity index (χ0v) is 21.4. The van der Waals surface area contributed by atoms with Crippen LogP contribution in [0.15, 0.2) is 60.7 Å². The average molecular weight is 489 g/mol. The van der Waals surface area contributed by atoms with Crippen LogP contribution in [-0.4, -0.2) is 71.8 Å². The Morgan fingerprint density at radius 2 is 1.50 bits per heavy atom. The molecule has 0 radical (unpaired) electrons. The van der Waals surface area contributed by atoms with E-state index in [1.807, 2.05) is 35.2 Å². The molecule has 0 unspecified atom stereocenters. The maximum Gasteiger partial charge on any atom is 0.236 e. The van der Waals surface area contributed by atoms with Crippen molar-refractivity contribution in [1.29, 1.82) is 0 Å². The van der Waals surface area contributed by atoms with Gasteiger partial charge < -0.3 is 10.2 Å². The zero-order valence-electron chi connectivity index (χ0n) is 21.4. The minimum Gasteiger partial charge on any atom is -0.342 e. The van der Waals surface area contributed by atoms with Crippen LogP contribution >= 0.6 is 0 Å². The SMILES string of the molecule is O=C(Nc1ccccc1)C1CCN(C(=O)CN2CCC[C@H]2[C@@H]2CCCN(Cc3ccccc3)C2)CC1. The first-order valence-electron chi connectivity index (χ1n) is 13.8. The largest absolute Gasteiger partial charge is 0.342 e. The number of para-hydroxylation sites is 1. The second kappa shape index (κ2) is 12.0. The summed E-state index contributed by atoms with van der Waals surface area (Å²) in [4.78, 5) is 32.9. The van der Waals surface area contributed by atoms with E-state index in [0.717, 1.165) is 38.2 Å². The van der Waals surface area contributed by atoms with E-state index >= 15 is 0 Å². The van der Waals surface area contributed by atoms with E-state index in [-0.39, 0.29) is 17.7 Å². The predicted molar refractivity (Wildman–Crippen MR) is 143 cm³/mol. The summed E-state index contributed by atoms with van der Waals surface area (Å²) in [5.74, 6) is 0.933. The van der Waals surface area contributed by atoms with Crippen molar-refractivity contribution < 1.29 is 9.59 Å². The van der Waals surface area contributed by atoms with Gasteiger partial charge in [-0.05, 0) is 75.2 Å². The number of hydrogen-bond donors (Lipinski definition) is 1. The Hall–Kier alpha value is -2.70. The van der Waals surface area contributed by atoms with Gasteiger partial charge in [0.15, 0.2) is 0 Å². The van der Waals surface area contributed by atoms with Crippen LogP contribution in [0.4, 0.5) is 5.69 Å². The highest BCUT2D eigenvalue weighted by atomic mass is 16.2. The topological polar surface area (TPSA) is 55.9 Å². The number of likely N-dealkylation sites (tertiary alicyclic amines) is 3. The van der Waals surface area contributed by atoms with Gasteiger partial charge in [0.25, 0.3) is 0 Å².